The van der Waals surface area contributed by atoms with Crippen LogP contribution >= 0.6 is 0 Å². The van der Waals surface area contributed by atoms with Gasteiger partial charge in [0.15, 0.2) is 0 Å². The second-order valence-corrected chi connectivity index (χ2v) is 5.00. The maximum Gasteiger partial charge on any atom is 0.381 e. The number of aliphatic hydroxyl groups excluding tert-OH is 1. The van der Waals surface area contributed by atoms with E-state index in [-0.39, 0.29) is 24.2 Å². The van der Waals surface area contributed by atoms with Gasteiger partial charge in [0.25, 0.3) is 0 Å². The molecule has 1 aromatic heterocycles. The van der Waals surface area contributed by atoms with E-state index in [0.717, 1.165) is 25.7 Å². The molecule has 1 amide bonds. The van der Waals surface area contributed by atoms with E-state index in [2.05, 4.69) is 10.3 Å². The molecular weight excluding hydrogens is 264 g/mol. The first-order valence-corrected chi connectivity index (χ1v) is 6.70. The monoisotopic (exact) mass is 282 g/mol. The number of nitro groups is 1. The zero-order chi connectivity index (χ0) is 14.5. The SMILES string of the molecule is O=C(CCn1cnc([N+](=O)[O-])c1)NC1CCCCC1O. The fourth-order valence-corrected chi connectivity index (χ4v) is 2.35. The molecule has 1 aliphatic rings. The molecule has 8 heteroatoms. The van der Waals surface area contributed by atoms with E-state index in [4.69, 9.17) is 0 Å². The molecule has 0 spiro atoms. The third kappa shape index (κ3) is 3.77. The Labute approximate surface area is 116 Å². The van der Waals surface area contributed by atoms with Gasteiger partial charge in [0.2, 0.25) is 12.2 Å². The Bertz CT molecular complexity index is 488. The molecule has 1 aliphatic carbocycles. The number of aromatic nitrogens is 2. The largest absolute Gasteiger partial charge is 0.391 e. The number of nitrogens with zero attached hydrogens (tertiary/aromatic N) is 3. The molecule has 1 heterocycles. The van der Waals surface area contributed by atoms with E-state index in [1.54, 1.807) is 0 Å². The van der Waals surface area contributed by atoms with Crippen molar-refractivity contribution >= 4 is 11.7 Å². The van der Waals surface area contributed by atoms with Crippen LogP contribution < -0.4 is 5.32 Å². The molecule has 1 aromatic rings. The third-order valence-corrected chi connectivity index (χ3v) is 3.48. The minimum Gasteiger partial charge on any atom is -0.391 e. The lowest BCUT2D eigenvalue weighted by Gasteiger charge is -2.28. The highest BCUT2D eigenvalue weighted by Gasteiger charge is 2.24. The summed E-state index contributed by atoms with van der Waals surface area (Å²) in [6.45, 7) is 0.329. The van der Waals surface area contributed by atoms with Crippen LogP contribution in [-0.2, 0) is 11.3 Å². The van der Waals surface area contributed by atoms with Gasteiger partial charge in [-0.1, -0.05) is 12.8 Å². The fourth-order valence-electron chi connectivity index (χ4n) is 2.35. The van der Waals surface area contributed by atoms with Gasteiger partial charge in [0.05, 0.1) is 12.1 Å². The number of carbonyl (C=O) groups excluding carboxylic acids is 1. The van der Waals surface area contributed by atoms with Crippen molar-refractivity contribution in [1.82, 2.24) is 14.9 Å². The summed E-state index contributed by atoms with van der Waals surface area (Å²) in [5, 5.41) is 23.0. The molecule has 110 valence electrons. The van der Waals surface area contributed by atoms with Crippen molar-refractivity contribution in [2.24, 2.45) is 0 Å². The van der Waals surface area contributed by atoms with Gasteiger partial charge in [-0.2, -0.15) is 0 Å². The minimum atomic E-state index is -0.574. The van der Waals surface area contributed by atoms with E-state index in [0.29, 0.717) is 6.54 Å². The summed E-state index contributed by atoms with van der Waals surface area (Å²) in [4.78, 5) is 25.3. The summed E-state index contributed by atoms with van der Waals surface area (Å²) in [5.41, 5.74) is 0. The van der Waals surface area contributed by atoms with Crippen LogP contribution in [0.2, 0.25) is 0 Å². The standard InChI is InChI=1S/C12H18N4O4/c17-10-4-2-1-3-9(10)14-12(18)5-6-15-7-11(13-8-15)16(19)20/h7-10,17H,1-6H2,(H,14,18). The van der Waals surface area contributed by atoms with E-state index in [1.807, 2.05) is 0 Å². The Morgan fingerprint density at radius 1 is 1.55 bits per heavy atom. The molecule has 0 aromatic carbocycles. The maximum atomic E-state index is 11.8. The Morgan fingerprint density at radius 2 is 2.30 bits per heavy atom. The molecule has 0 aliphatic heterocycles. The molecule has 0 radical (unpaired) electrons. The molecule has 1 fully saturated rings. The summed E-state index contributed by atoms with van der Waals surface area (Å²) in [7, 11) is 0. The number of aliphatic hydroxyl groups is 1. The van der Waals surface area contributed by atoms with Crippen LogP contribution in [0.1, 0.15) is 32.1 Å². The highest BCUT2D eigenvalue weighted by atomic mass is 16.6. The van der Waals surface area contributed by atoms with E-state index < -0.39 is 11.0 Å². The van der Waals surface area contributed by atoms with Gasteiger partial charge in [-0.3, -0.25) is 4.79 Å². The maximum absolute atomic E-state index is 11.8. The van der Waals surface area contributed by atoms with Gasteiger partial charge >= 0.3 is 5.82 Å². The zero-order valence-electron chi connectivity index (χ0n) is 11.1. The summed E-state index contributed by atoms with van der Waals surface area (Å²) >= 11 is 0. The molecule has 1 saturated carbocycles. The molecule has 0 bridgehead atoms. The summed E-state index contributed by atoms with van der Waals surface area (Å²) in [6, 6.07) is -0.173. The van der Waals surface area contributed by atoms with Crippen LogP contribution in [-0.4, -0.2) is 37.6 Å². The number of imidazole rings is 1. The Kier molecular flexibility index (Phi) is 4.67. The highest BCUT2D eigenvalue weighted by Crippen LogP contribution is 2.18. The van der Waals surface area contributed by atoms with Crippen LogP contribution in [0, 0.1) is 10.1 Å². The van der Waals surface area contributed by atoms with Crippen molar-refractivity contribution in [2.45, 2.75) is 50.8 Å². The van der Waals surface area contributed by atoms with Crippen molar-refractivity contribution in [3.8, 4) is 0 Å². The average molecular weight is 282 g/mol. The summed E-state index contributed by atoms with van der Waals surface area (Å²) < 4.78 is 1.51. The smallest absolute Gasteiger partial charge is 0.381 e. The van der Waals surface area contributed by atoms with Gasteiger partial charge in [-0.25, -0.2) is 0 Å². The summed E-state index contributed by atoms with van der Waals surface area (Å²) in [6.07, 6.45) is 5.88. The van der Waals surface area contributed by atoms with Crippen molar-refractivity contribution in [1.29, 1.82) is 0 Å². The quantitative estimate of drug-likeness (QED) is 0.607. The van der Waals surface area contributed by atoms with Crippen molar-refractivity contribution in [3.05, 3.63) is 22.6 Å². The van der Waals surface area contributed by atoms with Crippen molar-refractivity contribution < 1.29 is 14.8 Å². The second kappa shape index (κ2) is 6.47. The van der Waals surface area contributed by atoms with Crippen LogP contribution in [0.5, 0.6) is 0 Å². The lowest BCUT2D eigenvalue weighted by molar-refractivity contribution is -0.389. The van der Waals surface area contributed by atoms with Crippen molar-refractivity contribution in [2.75, 3.05) is 0 Å². The predicted octanol–water partition coefficient (Wildman–Crippen LogP) is 0.601. The van der Waals surface area contributed by atoms with Crippen LogP contribution in [0.4, 0.5) is 5.82 Å². The first-order valence-electron chi connectivity index (χ1n) is 6.70. The second-order valence-electron chi connectivity index (χ2n) is 5.00. The normalized spacial score (nSPS) is 22.4. The molecule has 0 saturated heterocycles. The average Bonchev–Trinajstić information content (AvgIpc) is 2.88. The van der Waals surface area contributed by atoms with Gasteiger partial charge in [0, 0.05) is 13.0 Å². The first kappa shape index (κ1) is 14.4. The molecular formula is C12H18N4O4. The number of carbonyl (C=O) groups is 1. The first-order chi connectivity index (χ1) is 9.56. The molecule has 2 N–H and O–H groups in total. The minimum absolute atomic E-state index is 0.160. The Morgan fingerprint density at radius 3 is 2.95 bits per heavy atom. The van der Waals surface area contributed by atoms with E-state index in [9.17, 15) is 20.0 Å². The summed E-state index contributed by atoms with van der Waals surface area (Å²) in [5.74, 6) is -0.389. The molecule has 2 rings (SSSR count). The van der Waals surface area contributed by atoms with Gasteiger partial charge in [-0.15, -0.1) is 0 Å². The number of hydrogen-bond donors (Lipinski definition) is 2. The molecule has 2 atom stereocenters. The lowest BCUT2D eigenvalue weighted by Crippen LogP contribution is -2.45. The molecule has 8 nitrogen and oxygen atoms in total. The number of amides is 1. The lowest BCUT2D eigenvalue weighted by atomic mass is 9.92. The van der Waals surface area contributed by atoms with Gasteiger partial charge < -0.3 is 25.1 Å². The van der Waals surface area contributed by atoms with E-state index in [1.165, 1.54) is 17.1 Å². The third-order valence-electron chi connectivity index (χ3n) is 3.48. The Balaban J connectivity index is 1.78. The van der Waals surface area contributed by atoms with E-state index >= 15 is 0 Å². The Hall–Kier alpha value is -1.96. The van der Waals surface area contributed by atoms with Gasteiger partial charge in [0.1, 0.15) is 6.20 Å². The van der Waals surface area contributed by atoms with Crippen LogP contribution in [0.15, 0.2) is 12.5 Å². The van der Waals surface area contributed by atoms with Crippen LogP contribution in [0.25, 0.3) is 0 Å². The molecule has 2 unspecified atom stereocenters. The van der Waals surface area contributed by atoms with Crippen LogP contribution in [0.3, 0.4) is 0 Å². The van der Waals surface area contributed by atoms with Crippen molar-refractivity contribution in [3.63, 3.8) is 0 Å². The number of aryl methyl sites for hydroxylation is 1. The predicted molar refractivity (Wildman–Crippen MR) is 69.9 cm³/mol. The zero-order valence-corrected chi connectivity index (χ0v) is 11.1. The number of nitrogens with one attached hydrogen (secondary N) is 1. The van der Waals surface area contributed by atoms with Gasteiger partial charge in [-0.05, 0) is 22.7 Å². The topological polar surface area (TPSA) is 110 Å². The fraction of sp³-hybridized carbons (Fsp3) is 0.667. The number of hydrogen-bond acceptors (Lipinski definition) is 5. The number of rotatable bonds is 5. The highest BCUT2D eigenvalue weighted by molar-refractivity contribution is 5.76. The molecule has 20 heavy (non-hydrogen) atoms.